The number of carbonyl (C=O) groups excluding carboxylic acids is 1. The average Bonchev–Trinajstić information content (AvgIpc) is 2.29. The van der Waals surface area contributed by atoms with E-state index in [1.54, 1.807) is 14.0 Å². The van der Waals surface area contributed by atoms with Crippen molar-refractivity contribution in [3.8, 4) is 5.75 Å². The fraction of sp³-hybridized carbons (Fsp3) is 0.417. The van der Waals surface area contributed by atoms with E-state index in [1.807, 2.05) is 24.3 Å². The van der Waals surface area contributed by atoms with Gasteiger partial charge in [0.2, 0.25) is 5.91 Å². The molecule has 0 aliphatic carbocycles. The van der Waals surface area contributed by atoms with Crippen molar-refractivity contribution in [3.63, 3.8) is 0 Å². The topological polar surface area (TPSA) is 58.6 Å². The summed E-state index contributed by atoms with van der Waals surface area (Å²) in [7, 11) is 1.58. The molecule has 0 aromatic heterocycles. The van der Waals surface area contributed by atoms with E-state index in [1.165, 1.54) is 0 Å². The third kappa shape index (κ3) is 3.55. The molecule has 88 valence electrons. The number of amides is 1. The largest absolute Gasteiger partial charge is 0.496 e. The molecule has 1 atom stereocenters. The Morgan fingerprint density at radius 2 is 2.19 bits per heavy atom. The van der Waals surface area contributed by atoms with Crippen molar-refractivity contribution in [2.45, 2.75) is 19.4 Å². The van der Waals surface area contributed by atoms with Gasteiger partial charge in [-0.25, -0.2) is 0 Å². The van der Waals surface area contributed by atoms with Gasteiger partial charge in [0.25, 0.3) is 0 Å². The molecule has 0 saturated heterocycles. The quantitative estimate of drug-likeness (QED) is 0.774. The Balaban J connectivity index is 2.62. The van der Waals surface area contributed by atoms with Crippen LogP contribution in [0.3, 0.4) is 0 Å². The second-order valence-electron chi connectivity index (χ2n) is 3.64. The van der Waals surface area contributed by atoms with Gasteiger partial charge in [-0.2, -0.15) is 0 Å². The van der Waals surface area contributed by atoms with Crippen molar-refractivity contribution in [1.82, 2.24) is 5.32 Å². The molecule has 0 bridgehead atoms. The molecule has 0 radical (unpaired) electrons. The molecule has 1 amide bonds. The molecule has 0 heterocycles. The number of hydrogen-bond donors (Lipinski definition) is 2. The lowest BCUT2D eigenvalue weighted by atomic mass is 10.1. The van der Waals surface area contributed by atoms with Gasteiger partial charge in [0.05, 0.1) is 20.1 Å². The molecule has 16 heavy (non-hydrogen) atoms. The normalized spacial score (nSPS) is 11.9. The van der Waals surface area contributed by atoms with Crippen LogP contribution < -0.4 is 10.1 Å². The molecule has 0 aliphatic heterocycles. The van der Waals surface area contributed by atoms with Crippen molar-refractivity contribution in [2.75, 3.05) is 13.7 Å². The first kappa shape index (κ1) is 12.5. The molecule has 1 aromatic carbocycles. The van der Waals surface area contributed by atoms with E-state index in [2.05, 4.69) is 5.32 Å². The third-order valence-electron chi connectivity index (χ3n) is 2.22. The molecule has 1 aromatic rings. The van der Waals surface area contributed by atoms with Crippen molar-refractivity contribution >= 4 is 5.91 Å². The van der Waals surface area contributed by atoms with Crippen molar-refractivity contribution in [3.05, 3.63) is 29.8 Å². The van der Waals surface area contributed by atoms with E-state index >= 15 is 0 Å². The summed E-state index contributed by atoms with van der Waals surface area (Å²) in [6.45, 7) is 1.69. The highest BCUT2D eigenvalue weighted by Crippen LogP contribution is 2.17. The minimum atomic E-state index is -0.220. The number of aliphatic hydroxyl groups is 1. The van der Waals surface area contributed by atoms with Crippen LogP contribution in [0.15, 0.2) is 24.3 Å². The van der Waals surface area contributed by atoms with Crippen molar-refractivity contribution in [2.24, 2.45) is 0 Å². The lowest BCUT2D eigenvalue weighted by Crippen LogP contribution is -2.36. The van der Waals surface area contributed by atoms with Crippen LogP contribution in [0.25, 0.3) is 0 Å². The second-order valence-corrected chi connectivity index (χ2v) is 3.64. The van der Waals surface area contributed by atoms with Crippen LogP contribution in [-0.2, 0) is 11.2 Å². The van der Waals surface area contributed by atoms with E-state index in [0.717, 1.165) is 5.56 Å². The van der Waals surface area contributed by atoms with Crippen molar-refractivity contribution in [1.29, 1.82) is 0 Å². The van der Waals surface area contributed by atoms with Crippen LogP contribution >= 0.6 is 0 Å². The maximum absolute atomic E-state index is 11.6. The van der Waals surface area contributed by atoms with Gasteiger partial charge in [-0.3, -0.25) is 4.79 Å². The van der Waals surface area contributed by atoms with E-state index in [9.17, 15) is 4.79 Å². The number of aliphatic hydroxyl groups excluding tert-OH is 1. The minimum absolute atomic E-state index is 0.0579. The summed E-state index contributed by atoms with van der Waals surface area (Å²) in [4.78, 5) is 11.6. The lowest BCUT2D eigenvalue weighted by Gasteiger charge is -2.12. The molecule has 0 aliphatic rings. The molecule has 0 saturated carbocycles. The summed E-state index contributed by atoms with van der Waals surface area (Å²) in [6.07, 6.45) is 0.258. The summed E-state index contributed by atoms with van der Waals surface area (Å²) in [5, 5.41) is 11.5. The number of ether oxygens (including phenoxy) is 1. The zero-order valence-corrected chi connectivity index (χ0v) is 9.56. The van der Waals surface area contributed by atoms with Crippen molar-refractivity contribution < 1.29 is 14.6 Å². The Morgan fingerprint density at radius 1 is 1.50 bits per heavy atom. The zero-order chi connectivity index (χ0) is 12.0. The predicted molar refractivity (Wildman–Crippen MR) is 61.4 cm³/mol. The molecule has 0 spiro atoms. The van der Waals surface area contributed by atoms with E-state index in [0.29, 0.717) is 5.75 Å². The Kier molecular flexibility index (Phi) is 4.79. The van der Waals surface area contributed by atoms with E-state index in [4.69, 9.17) is 9.84 Å². The fourth-order valence-electron chi connectivity index (χ4n) is 1.39. The van der Waals surface area contributed by atoms with Crippen LogP contribution in [0.4, 0.5) is 0 Å². The molecule has 2 N–H and O–H groups in total. The molecular formula is C12H17NO3. The van der Waals surface area contributed by atoms with E-state index in [-0.39, 0.29) is 25.0 Å². The first-order chi connectivity index (χ1) is 7.67. The number of carbonyl (C=O) groups is 1. The molecule has 1 rings (SSSR count). The average molecular weight is 223 g/mol. The molecule has 0 unspecified atom stereocenters. The Hall–Kier alpha value is -1.55. The number of methoxy groups -OCH3 is 1. The number of benzene rings is 1. The number of rotatable bonds is 5. The summed E-state index contributed by atoms with van der Waals surface area (Å²) in [5.41, 5.74) is 0.840. The van der Waals surface area contributed by atoms with Crippen LogP contribution in [0.2, 0.25) is 0 Å². The van der Waals surface area contributed by atoms with Gasteiger partial charge in [0.1, 0.15) is 5.75 Å². The Bertz CT molecular complexity index is 352. The van der Waals surface area contributed by atoms with Gasteiger partial charge in [0, 0.05) is 11.6 Å². The molecular weight excluding hydrogens is 206 g/mol. The Morgan fingerprint density at radius 3 is 2.81 bits per heavy atom. The van der Waals surface area contributed by atoms with Crippen LogP contribution in [-0.4, -0.2) is 30.8 Å². The van der Waals surface area contributed by atoms with Gasteiger partial charge < -0.3 is 15.2 Å². The highest BCUT2D eigenvalue weighted by Gasteiger charge is 2.09. The molecule has 4 nitrogen and oxygen atoms in total. The first-order valence-corrected chi connectivity index (χ1v) is 5.19. The second kappa shape index (κ2) is 6.12. The molecule has 0 fully saturated rings. The predicted octanol–water partition coefficient (Wildman–Crippen LogP) is 0.735. The summed E-state index contributed by atoms with van der Waals surface area (Å²) in [5.74, 6) is 0.584. The fourth-order valence-corrected chi connectivity index (χ4v) is 1.39. The summed E-state index contributed by atoms with van der Waals surface area (Å²) < 4.78 is 5.15. The van der Waals surface area contributed by atoms with Crippen LogP contribution in [0.1, 0.15) is 12.5 Å². The summed E-state index contributed by atoms with van der Waals surface area (Å²) in [6, 6.07) is 7.17. The lowest BCUT2D eigenvalue weighted by molar-refractivity contribution is -0.121. The van der Waals surface area contributed by atoms with Gasteiger partial charge in [-0.1, -0.05) is 18.2 Å². The standard InChI is InChI=1S/C12H17NO3/c1-9(8-14)13-12(15)7-10-5-3-4-6-11(10)16-2/h3-6,9,14H,7-8H2,1-2H3,(H,13,15)/t9-/m1/s1. The van der Waals surface area contributed by atoms with Crippen LogP contribution in [0, 0.1) is 0 Å². The minimum Gasteiger partial charge on any atom is -0.496 e. The maximum atomic E-state index is 11.6. The highest BCUT2D eigenvalue weighted by molar-refractivity contribution is 5.79. The molecule has 4 heteroatoms. The highest BCUT2D eigenvalue weighted by atomic mass is 16.5. The van der Waals surface area contributed by atoms with Gasteiger partial charge in [-0.15, -0.1) is 0 Å². The number of para-hydroxylation sites is 1. The maximum Gasteiger partial charge on any atom is 0.224 e. The smallest absolute Gasteiger partial charge is 0.224 e. The summed E-state index contributed by atoms with van der Waals surface area (Å²) >= 11 is 0. The first-order valence-electron chi connectivity index (χ1n) is 5.19. The van der Waals surface area contributed by atoms with Gasteiger partial charge in [0.15, 0.2) is 0 Å². The number of nitrogens with one attached hydrogen (secondary N) is 1. The SMILES string of the molecule is COc1ccccc1CC(=O)N[C@H](C)CO. The zero-order valence-electron chi connectivity index (χ0n) is 9.56. The Labute approximate surface area is 95.2 Å². The monoisotopic (exact) mass is 223 g/mol. The van der Waals surface area contributed by atoms with Crippen LogP contribution in [0.5, 0.6) is 5.75 Å². The van der Waals surface area contributed by atoms with E-state index < -0.39 is 0 Å². The number of hydrogen-bond acceptors (Lipinski definition) is 3. The third-order valence-corrected chi connectivity index (χ3v) is 2.22. The van der Waals surface area contributed by atoms with Gasteiger partial charge in [-0.05, 0) is 13.0 Å². The van der Waals surface area contributed by atoms with Gasteiger partial charge >= 0.3 is 0 Å².